The van der Waals surface area contributed by atoms with Crippen LogP contribution < -0.4 is 0 Å². The van der Waals surface area contributed by atoms with Gasteiger partial charge in [-0.3, -0.25) is 0 Å². The third-order valence-electron chi connectivity index (χ3n) is 21.6. The minimum absolute atomic E-state index is 0. The van der Waals surface area contributed by atoms with Crippen LogP contribution >= 0.6 is 9.84 Å². The maximum atomic E-state index is 5.67. The normalized spacial score (nSPS) is 10.3. The summed E-state index contributed by atoms with van der Waals surface area (Å²) in [5, 5.41) is 7.50. The number of aromatic nitrogens is 5. The summed E-state index contributed by atoms with van der Waals surface area (Å²) in [5.74, 6) is 0. The largest absolute Gasteiger partial charge is 3.00 e. The van der Waals surface area contributed by atoms with Gasteiger partial charge in [-0.05, 0) is 234 Å². The van der Waals surface area contributed by atoms with Crippen LogP contribution in [0.3, 0.4) is 0 Å². The molecule has 0 fully saturated rings. The van der Waals surface area contributed by atoms with Gasteiger partial charge in [-0.15, -0.1) is 179 Å². The van der Waals surface area contributed by atoms with Crippen molar-refractivity contribution in [3.05, 3.63) is 514 Å². The molecule has 5 aromatic heterocycles. The van der Waals surface area contributed by atoms with Crippen molar-refractivity contribution in [3.63, 3.8) is 0 Å². The van der Waals surface area contributed by atoms with Crippen LogP contribution in [-0.4, -0.2) is 26.2 Å². The zero-order chi connectivity index (χ0) is 87.3. The van der Waals surface area contributed by atoms with E-state index in [4.69, 9.17) is 1.28 Å². The van der Waals surface area contributed by atoms with E-state index in [0.29, 0.717) is 0 Å². The summed E-state index contributed by atoms with van der Waals surface area (Å²) >= 11 is 0. The molecule has 129 heavy (non-hydrogen) atoms. The van der Waals surface area contributed by atoms with Gasteiger partial charge in [0.2, 0.25) is 0 Å². The van der Waals surface area contributed by atoms with Crippen LogP contribution in [0.5, 0.6) is 0 Å². The second kappa shape index (κ2) is 47.3. The van der Waals surface area contributed by atoms with Crippen molar-refractivity contribution in [1.29, 1.82) is 1.28 Å². The molecule has 1 atom stereocenters. The van der Waals surface area contributed by atoms with Crippen LogP contribution in [0, 0.1) is 65.0 Å². The Hall–Kier alpha value is -13.6. The van der Waals surface area contributed by atoms with Gasteiger partial charge >= 0.3 is 20.1 Å². The SMILES string of the molecule is Cc1cc(-c2[c-]cccc2)ncc1-c1ccccc1.Cc1cccc(-c2[c-]cccc2)n1.Cc1cccc(-c2[c-]cccc2)n1.Cc1cccc(-c2[c-]cccc2)n1.Cc1cccnc1-c1[c-]cccc1.[3H]P.[Ir+3].[Ir].[Ir].c1ccc(-c2cc3c4cc(-c5ccccc5)c(-c5ccccc5)cc4c4cc(-c5ccccc5)c(-c5ccccc5)cc4c3cc2-c2ccccc2)cc1. The van der Waals surface area contributed by atoms with Gasteiger partial charge in [0, 0.05) is 75.2 Å². The predicted octanol–water partition coefficient (Wildman–Crippen LogP) is 31.2. The Morgan fingerprint density at radius 3 is 0.690 bits per heavy atom. The molecule has 0 aliphatic carbocycles. The molecule has 21 aromatic rings. The molecule has 0 saturated heterocycles. The molecule has 1 unspecified atom stereocenters. The molecule has 0 saturated carbocycles. The zero-order valence-corrected chi connectivity index (χ0v) is 80.5. The van der Waals surface area contributed by atoms with Crippen molar-refractivity contribution >= 4 is 42.2 Å². The Bertz CT molecular complexity index is 6340. The molecule has 0 bridgehead atoms. The van der Waals surface area contributed by atoms with Crippen LogP contribution in [0.1, 0.15) is 28.2 Å². The number of hydrogen-bond acceptors (Lipinski definition) is 5. The summed E-state index contributed by atoms with van der Waals surface area (Å²) in [4.78, 5) is 22.1. The van der Waals surface area contributed by atoms with E-state index >= 15 is 0 Å². The molecule has 632 valence electrons. The van der Waals surface area contributed by atoms with Gasteiger partial charge in [0.25, 0.3) is 0 Å². The van der Waals surface area contributed by atoms with E-state index in [1.54, 1.807) is 9.84 Å². The first-order valence-corrected chi connectivity index (χ1v) is 42.1. The van der Waals surface area contributed by atoms with E-state index in [0.717, 1.165) is 73.4 Å². The van der Waals surface area contributed by atoms with Crippen molar-refractivity contribution in [2.75, 3.05) is 0 Å². The van der Waals surface area contributed by atoms with Crippen LogP contribution in [0.25, 0.3) is 166 Å². The molecule has 5 nitrogen and oxygen atoms in total. The number of aryl methyl sites for hydroxylation is 5. The first kappa shape index (κ1) is 93.1. The Kier molecular flexibility index (Phi) is 34.1. The Morgan fingerprint density at radius 2 is 0.457 bits per heavy atom. The van der Waals surface area contributed by atoms with Crippen LogP contribution in [0.15, 0.2) is 455 Å². The number of nitrogens with zero attached hydrogens (tertiary/aromatic N) is 5. The second-order valence-corrected chi connectivity index (χ2v) is 30.3. The predicted molar refractivity (Wildman–Crippen MR) is 534 cm³/mol. The molecule has 0 amide bonds. The van der Waals surface area contributed by atoms with Crippen molar-refractivity contribution in [2.45, 2.75) is 34.6 Å². The van der Waals surface area contributed by atoms with Gasteiger partial charge in [0.15, 0.2) is 0 Å². The first-order valence-electron chi connectivity index (χ1n) is 42.7. The van der Waals surface area contributed by atoms with E-state index in [9.17, 15) is 0 Å². The Morgan fingerprint density at radius 1 is 0.217 bits per heavy atom. The summed E-state index contributed by atoms with van der Waals surface area (Å²) in [6.07, 6.45) is 3.75. The molecule has 21 rings (SSSR count). The van der Waals surface area contributed by atoms with Gasteiger partial charge < -0.3 is 24.9 Å². The molecule has 9 heteroatoms. The number of rotatable bonds is 12. The van der Waals surface area contributed by atoms with E-state index < -0.39 is 0 Å². The fourth-order valence-corrected chi connectivity index (χ4v) is 15.5. The topological polar surface area (TPSA) is 64.5 Å². The fraction of sp³-hybridized carbons (Fsp3) is 0.0417. The van der Waals surface area contributed by atoms with Crippen LogP contribution in [0.4, 0.5) is 0 Å². The summed E-state index contributed by atoms with van der Waals surface area (Å²) in [6, 6.07) is 170. The van der Waals surface area contributed by atoms with Gasteiger partial charge in [0.1, 0.15) is 0 Å². The number of hydrogen-bond donors (Lipinski definition) is 0. The Labute approximate surface area is 804 Å². The average molecular weight is 2210 g/mol. The molecule has 16 aromatic carbocycles. The maximum absolute atomic E-state index is 5.67. The van der Waals surface area contributed by atoms with Crippen molar-refractivity contribution < 1.29 is 60.3 Å². The van der Waals surface area contributed by atoms with Gasteiger partial charge in [-0.1, -0.05) is 266 Å². The minimum Gasteiger partial charge on any atom is -0.304 e. The molecule has 0 aliphatic rings. The zero-order valence-electron chi connectivity index (χ0n) is 73.1. The summed E-state index contributed by atoms with van der Waals surface area (Å²) in [7, 11) is 1.67. The monoisotopic (exact) mass is 2220 g/mol. The van der Waals surface area contributed by atoms with E-state index in [2.05, 4.69) is 312 Å². The van der Waals surface area contributed by atoms with Crippen molar-refractivity contribution in [2.24, 2.45) is 0 Å². The van der Waals surface area contributed by atoms with Gasteiger partial charge in [-0.2, -0.15) is 9.84 Å². The molecule has 0 N–H and O–H groups in total. The summed E-state index contributed by atoms with van der Waals surface area (Å²) < 4.78 is 5.67. The second-order valence-electron chi connectivity index (χ2n) is 30.3. The standard InChI is InChI=1S/C54H36.C18H14N.4C12H10N.3Ir.H3P/c1-7-19-37(20-8-1)43-31-49-50(32-44(43)38-21-9-2-10-22-38)52-34-46(40-25-13-4-14-26-40)48(42-29-17-6-18-30-42)36-54(52)53-35-47(41-27-15-5-16-28-41)45(33-51(49)53)39-23-11-3-12-24-39;1-14-12-18(16-10-6-3-7-11-16)19-13-17(14)15-8-4-2-5-9-15;1-10-6-5-9-13-12(10)11-7-3-2-4-8-11;3*1-10-6-5-9-12(13-10)11-7-3-2-4-8-11;;;;/h1-36H;2-10,12-13H,1H3;4*2-7,9H,1H3;;;;1H3/q;5*-1;;;+3;/i;;;;;;;;;1T. The smallest absolute Gasteiger partial charge is 0.304 e. The first-order chi connectivity index (χ1) is 62.6. The molecular formula is C120H93Ir3N5P-2. The number of fused-ring (bicyclic) bond motifs is 6. The van der Waals surface area contributed by atoms with E-state index in [1.165, 1.54) is 121 Å². The van der Waals surface area contributed by atoms with E-state index in [1.807, 2.05) is 233 Å². The molecule has 5 heterocycles. The fourth-order valence-electron chi connectivity index (χ4n) is 15.5. The maximum Gasteiger partial charge on any atom is 3.00 e. The number of benzene rings is 16. The molecular weight excluding hydrogens is 2120 g/mol. The van der Waals surface area contributed by atoms with Crippen LogP contribution in [-0.2, 0) is 60.3 Å². The summed E-state index contributed by atoms with van der Waals surface area (Å²) in [5.41, 5.74) is 32.7. The summed E-state index contributed by atoms with van der Waals surface area (Å²) in [6.45, 7) is 10.2. The molecule has 0 aliphatic heterocycles. The third-order valence-corrected chi connectivity index (χ3v) is 21.6. The van der Waals surface area contributed by atoms with Gasteiger partial charge in [-0.25, -0.2) is 0 Å². The quantitative estimate of drug-likeness (QED) is 0.0693. The van der Waals surface area contributed by atoms with Crippen LogP contribution in [0.2, 0.25) is 0 Å². The van der Waals surface area contributed by atoms with Gasteiger partial charge in [0.05, 0.1) is 1.28 Å². The van der Waals surface area contributed by atoms with Crippen molar-refractivity contribution in [1.82, 2.24) is 24.9 Å². The van der Waals surface area contributed by atoms with Crippen molar-refractivity contribution in [3.8, 4) is 134 Å². The third kappa shape index (κ3) is 24.2. The molecule has 0 spiro atoms. The minimum atomic E-state index is 0. The average Bonchev–Trinajstić information content (AvgIpc) is 0.712. The number of pyridine rings is 5. The molecule has 2 radical (unpaired) electrons. The Balaban J connectivity index is 0.000000163. The van der Waals surface area contributed by atoms with E-state index in [-0.39, 0.29) is 60.3 Å².